The molecule has 1 heterocycles. The molecule has 1 amide bonds. The summed E-state index contributed by atoms with van der Waals surface area (Å²) in [5.41, 5.74) is 3.95. The Morgan fingerprint density at radius 2 is 2.10 bits per heavy atom. The van der Waals surface area contributed by atoms with Gasteiger partial charge in [0.25, 0.3) is 5.91 Å². The molecule has 0 radical (unpaired) electrons. The number of carbonyl (C=O) groups excluding carboxylic acids is 1. The number of anilines is 1. The lowest BCUT2D eigenvalue weighted by atomic mass is 10.0. The van der Waals surface area contributed by atoms with Crippen LogP contribution in [0.4, 0.5) is 5.69 Å². The smallest absolute Gasteiger partial charge is 0.251 e. The highest BCUT2D eigenvalue weighted by atomic mass is 32.2. The van der Waals surface area contributed by atoms with Crippen molar-refractivity contribution in [3.8, 4) is 0 Å². The average molecular weight is 297 g/mol. The molecule has 0 aliphatic carbocycles. The predicted octanol–water partition coefficient (Wildman–Crippen LogP) is 0.588. The van der Waals surface area contributed by atoms with Gasteiger partial charge < -0.3 is 10.7 Å². The molecule has 1 saturated heterocycles. The van der Waals surface area contributed by atoms with Crippen molar-refractivity contribution in [3.05, 3.63) is 29.3 Å². The van der Waals surface area contributed by atoms with E-state index in [0.29, 0.717) is 12.0 Å². The topological polar surface area (TPSA) is 101 Å². The maximum absolute atomic E-state index is 12.2. The average Bonchev–Trinajstić information content (AvgIpc) is 2.63. The van der Waals surface area contributed by atoms with Crippen LogP contribution in [0.25, 0.3) is 0 Å². The van der Waals surface area contributed by atoms with Crippen LogP contribution in [0.3, 0.4) is 0 Å². The molecule has 0 bridgehead atoms. The number of hydrazine groups is 1. The standard InChI is InChI=1S/C13H19N3O3S/c1-9-7-10(3-4-11(9)16-14)12(17)15-13(2)5-6-20(18,19)8-13/h3-4,7,16H,5-6,8,14H2,1-2H3,(H,15,17). The van der Waals surface area contributed by atoms with Crippen LogP contribution in [-0.2, 0) is 9.84 Å². The molecule has 2 rings (SSSR count). The van der Waals surface area contributed by atoms with Crippen molar-refractivity contribution in [1.29, 1.82) is 0 Å². The zero-order chi connectivity index (χ0) is 15.0. The monoisotopic (exact) mass is 297 g/mol. The molecule has 0 saturated carbocycles. The third-order valence-corrected chi connectivity index (χ3v) is 5.47. The molecular weight excluding hydrogens is 278 g/mol. The van der Waals surface area contributed by atoms with E-state index in [1.54, 1.807) is 25.1 Å². The number of sulfone groups is 1. The number of carbonyl (C=O) groups is 1. The van der Waals surface area contributed by atoms with Gasteiger partial charge in [0.2, 0.25) is 0 Å². The van der Waals surface area contributed by atoms with Gasteiger partial charge in [-0.25, -0.2) is 8.42 Å². The summed E-state index contributed by atoms with van der Waals surface area (Å²) in [4.78, 5) is 12.2. The SMILES string of the molecule is Cc1cc(C(=O)NC2(C)CCS(=O)(=O)C2)ccc1NN. The van der Waals surface area contributed by atoms with Crippen molar-refractivity contribution in [1.82, 2.24) is 5.32 Å². The van der Waals surface area contributed by atoms with Gasteiger partial charge in [0.05, 0.1) is 22.7 Å². The number of hydrogen-bond acceptors (Lipinski definition) is 5. The molecule has 1 aliphatic rings. The van der Waals surface area contributed by atoms with Crippen LogP contribution in [0.5, 0.6) is 0 Å². The van der Waals surface area contributed by atoms with Crippen molar-refractivity contribution >= 4 is 21.4 Å². The molecule has 1 fully saturated rings. The molecular formula is C13H19N3O3S. The van der Waals surface area contributed by atoms with Gasteiger partial charge in [-0.05, 0) is 44.0 Å². The van der Waals surface area contributed by atoms with E-state index in [9.17, 15) is 13.2 Å². The second kappa shape index (κ2) is 5.06. The summed E-state index contributed by atoms with van der Waals surface area (Å²) in [6, 6.07) is 5.10. The molecule has 1 atom stereocenters. The van der Waals surface area contributed by atoms with Crippen molar-refractivity contribution in [2.45, 2.75) is 25.8 Å². The minimum absolute atomic E-state index is 0.00678. The maximum atomic E-state index is 12.2. The van der Waals surface area contributed by atoms with E-state index in [1.165, 1.54) is 0 Å². The summed E-state index contributed by atoms with van der Waals surface area (Å²) in [6.45, 7) is 3.60. The highest BCUT2D eigenvalue weighted by molar-refractivity contribution is 7.91. The third kappa shape index (κ3) is 3.10. The summed E-state index contributed by atoms with van der Waals surface area (Å²) in [7, 11) is -3.04. The van der Waals surface area contributed by atoms with Gasteiger partial charge in [-0.1, -0.05) is 0 Å². The number of amides is 1. The first kappa shape index (κ1) is 14.8. The van der Waals surface area contributed by atoms with E-state index >= 15 is 0 Å². The lowest BCUT2D eigenvalue weighted by molar-refractivity contribution is 0.0915. The van der Waals surface area contributed by atoms with Crippen molar-refractivity contribution < 1.29 is 13.2 Å². The molecule has 6 nitrogen and oxygen atoms in total. The lowest BCUT2D eigenvalue weighted by Crippen LogP contribution is -2.46. The van der Waals surface area contributed by atoms with Gasteiger partial charge in [0.1, 0.15) is 0 Å². The third-order valence-electron chi connectivity index (χ3n) is 3.56. The van der Waals surface area contributed by atoms with E-state index in [-0.39, 0.29) is 17.4 Å². The highest BCUT2D eigenvalue weighted by Crippen LogP contribution is 2.24. The Morgan fingerprint density at radius 3 is 2.60 bits per heavy atom. The second-order valence-electron chi connectivity index (χ2n) is 5.53. The number of aryl methyl sites for hydroxylation is 1. The van der Waals surface area contributed by atoms with Gasteiger partial charge in [-0.2, -0.15) is 0 Å². The Hall–Kier alpha value is -1.60. The van der Waals surface area contributed by atoms with Crippen LogP contribution in [0, 0.1) is 6.92 Å². The van der Waals surface area contributed by atoms with Crippen LogP contribution in [0.1, 0.15) is 29.3 Å². The molecule has 1 aromatic rings. The molecule has 1 aromatic carbocycles. The Balaban J connectivity index is 2.15. The predicted molar refractivity (Wildman–Crippen MR) is 78.1 cm³/mol. The number of nitrogens with two attached hydrogens (primary N) is 1. The van der Waals surface area contributed by atoms with Crippen LogP contribution >= 0.6 is 0 Å². The van der Waals surface area contributed by atoms with Gasteiger partial charge >= 0.3 is 0 Å². The van der Waals surface area contributed by atoms with Crippen molar-refractivity contribution in [2.75, 3.05) is 16.9 Å². The number of rotatable bonds is 3. The van der Waals surface area contributed by atoms with Gasteiger partial charge in [-0.3, -0.25) is 10.6 Å². The molecule has 110 valence electrons. The number of nitrogens with one attached hydrogen (secondary N) is 2. The Bertz CT molecular complexity index is 642. The molecule has 7 heteroatoms. The quantitative estimate of drug-likeness (QED) is 0.560. The summed E-state index contributed by atoms with van der Waals surface area (Å²) in [5.74, 6) is 5.19. The fourth-order valence-electron chi connectivity index (χ4n) is 2.42. The van der Waals surface area contributed by atoms with E-state index in [2.05, 4.69) is 10.7 Å². The maximum Gasteiger partial charge on any atom is 0.251 e. The molecule has 4 N–H and O–H groups in total. The highest BCUT2D eigenvalue weighted by Gasteiger charge is 2.39. The fraction of sp³-hybridized carbons (Fsp3) is 0.462. The van der Waals surface area contributed by atoms with Crippen LogP contribution in [-0.4, -0.2) is 31.4 Å². The Morgan fingerprint density at radius 1 is 1.40 bits per heavy atom. The first-order valence-corrected chi connectivity index (χ1v) is 8.17. The fourth-order valence-corrected chi connectivity index (χ4v) is 4.52. The van der Waals surface area contributed by atoms with Crippen LogP contribution in [0.2, 0.25) is 0 Å². The number of hydrogen-bond donors (Lipinski definition) is 3. The van der Waals surface area contributed by atoms with Crippen molar-refractivity contribution in [2.24, 2.45) is 5.84 Å². The number of benzene rings is 1. The Kier molecular flexibility index (Phi) is 3.75. The summed E-state index contributed by atoms with van der Waals surface area (Å²) in [5, 5.41) is 2.82. The van der Waals surface area contributed by atoms with Gasteiger partial charge in [0.15, 0.2) is 9.84 Å². The lowest BCUT2D eigenvalue weighted by Gasteiger charge is -2.24. The normalized spacial score (nSPS) is 24.4. The van der Waals surface area contributed by atoms with Crippen LogP contribution in [0.15, 0.2) is 18.2 Å². The summed E-state index contributed by atoms with van der Waals surface area (Å²) >= 11 is 0. The minimum Gasteiger partial charge on any atom is -0.346 e. The molecule has 0 spiro atoms. The van der Waals surface area contributed by atoms with Crippen molar-refractivity contribution in [3.63, 3.8) is 0 Å². The van der Waals surface area contributed by atoms with E-state index in [1.807, 2.05) is 6.92 Å². The van der Waals surface area contributed by atoms with Gasteiger partial charge in [-0.15, -0.1) is 0 Å². The molecule has 0 aromatic heterocycles. The van der Waals surface area contributed by atoms with E-state index < -0.39 is 15.4 Å². The zero-order valence-electron chi connectivity index (χ0n) is 11.6. The molecule has 20 heavy (non-hydrogen) atoms. The van der Waals surface area contributed by atoms with E-state index in [4.69, 9.17) is 5.84 Å². The van der Waals surface area contributed by atoms with Crippen LogP contribution < -0.4 is 16.6 Å². The second-order valence-corrected chi connectivity index (χ2v) is 7.71. The number of nitrogen functional groups attached to an aromatic ring is 1. The first-order chi connectivity index (χ1) is 9.25. The summed E-state index contributed by atoms with van der Waals surface area (Å²) in [6.07, 6.45) is 0.447. The van der Waals surface area contributed by atoms with Gasteiger partial charge in [0, 0.05) is 5.56 Å². The largest absolute Gasteiger partial charge is 0.346 e. The molecule has 1 unspecified atom stereocenters. The minimum atomic E-state index is -3.04. The molecule has 1 aliphatic heterocycles. The summed E-state index contributed by atoms with van der Waals surface area (Å²) < 4.78 is 23.1. The zero-order valence-corrected chi connectivity index (χ0v) is 12.4. The first-order valence-electron chi connectivity index (χ1n) is 6.35. The van der Waals surface area contributed by atoms with E-state index in [0.717, 1.165) is 11.3 Å². The Labute approximate surface area is 118 Å².